The number of carbonyl (C=O) groups is 1. The average molecular weight is 322 g/mol. The number of pyridine rings is 1. The second kappa shape index (κ2) is 6.75. The first-order chi connectivity index (χ1) is 11.1. The second-order valence-corrected chi connectivity index (χ2v) is 6.28. The molecule has 0 bridgehead atoms. The number of hydrogen-bond acceptors (Lipinski definition) is 3. The van der Waals surface area contributed by atoms with Crippen molar-refractivity contribution in [2.75, 3.05) is 0 Å². The summed E-state index contributed by atoms with van der Waals surface area (Å²) in [6.07, 6.45) is 1.78. The van der Waals surface area contributed by atoms with Crippen molar-refractivity contribution in [3.05, 3.63) is 75.6 Å². The highest BCUT2D eigenvalue weighted by Gasteiger charge is 2.10. The van der Waals surface area contributed by atoms with Crippen molar-refractivity contribution in [2.24, 2.45) is 0 Å². The molecular weight excluding hydrogens is 304 g/mol. The number of amides is 1. The van der Waals surface area contributed by atoms with Crippen molar-refractivity contribution in [1.29, 1.82) is 0 Å². The summed E-state index contributed by atoms with van der Waals surface area (Å²) in [5.41, 5.74) is 6.03. The Morgan fingerprint density at radius 3 is 2.78 bits per heavy atom. The Bertz CT molecular complexity index is 825. The summed E-state index contributed by atoms with van der Waals surface area (Å²) < 4.78 is 0. The van der Waals surface area contributed by atoms with Crippen LogP contribution >= 0.6 is 11.3 Å². The molecule has 116 valence electrons. The quantitative estimate of drug-likeness (QED) is 0.775. The Morgan fingerprint density at radius 1 is 1.17 bits per heavy atom. The number of thiophene rings is 1. The number of nitrogens with zero attached hydrogens (tertiary/aromatic N) is 1. The van der Waals surface area contributed by atoms with Gasteiger partial charge in [-0.3, -0.25) is 9.78 Å². The molecule has 0 saturated carbocycles. The molecular formula is C19H18N2OS. The molecule has 0 saturated heterocycles. The molecule has 1 aromatic carbocycles. The molecule has 23 heavy (non-hydrogen) atoms. The van der Waals surface area contributed by atoms with Crippen LogP contribution in [0.25, 0.3) is 11.3 Å². The van der Waals surface area contributed by atoms with E-state index in [1.807, 2.05) is 55.6 Å². The number of carbonyl (C=O) groups excluding carboxylic acids is 1. The van der Waals surface area contributed by atoms with Gasteiger partial charge in [-0.2, -0.15) is 11.3 Å². The maximum Gasteiger partial charge on any atom is 0.251 e. The first kappa shape index (κ1) is 15.4. The zero-order valence-electron chi connectivity index (χ0n) is 13.2. The number of aryl methyl sites for hydroxylation is 2. The molecule has 3 rings (SSSR count). The second-order valence-electron chi connectivity index (χ2n) is 5.50. The van der Waals surface area contributed by atoms with E-state index < -0.39 is 0 Å². The predicted octanol–water partition coefficient (Wildman–Crippen LogP) is 4.36. The van der Waals surface area contributed by atoms with Crippen LogP contribution in [-0.4, -0.2) is 10.9 Å². The van der Waals surface area contributed by atoms with E-state index in [0.717, 1.165) is 22.4 Å². The fourth-order valence-electron chi connectivity index (χ4n) is 2.40. The maximum absolute atomic E-state index is 12.3. The van der Waals surface area contributed by atoms with Gasteiger partial charge < -0.3 is 5.32 Å². The molecule has 3 aromatic rings. The molecule has 0 unspecified atom stereocenters. The van der Waals surface area contributed by atoms with Crippen molar-refractivity contribution < 1.29 is 4.79 Å². The Kier molecular flexibility index (Phi) is 4.53. The van der Waals surface area contributed by atoms with Crippen LogP contribution in [0.4, 0.5) is 0 Å². The van der Waals surface area contributed by atoms with E-state index in [0.29, 0.717) is 12.1 Å². The molecule has 4 heteroatoms. The van der Waals surface area contributed by atoms with Gasteiger partial charge in [0.15, 0.2) is 0 Å². The van der Waals surface area contributed by atoms with Crippen molar-refractivity contribution in [1.82, 2.24) is 10.3 Å². The minimum atomic E-state index is -0.0618. The molecule has 0 atom stereocenters. The highest BCUT2D eigenvalue weighted by Crippen LogP contribution is 2.23. The van der Waals surface area contributed by atoms with Crippen LogP contribution in [0.5, 0.6) is 0 Å². The van der Waals surface area contributed by atoms with Crippen molar-refractivity contribution in [2.45, 2.75) is 20.4 Å². The lowest BCUT2D eigenvalue weighted by molar-refractivity contribution is 0.0951. The standard InChI is InChI=1S/C19H18N2OS/c1-13-5-6-15(10-14(13)2)19(22)21-11-16-4-3-8-20-18(16)17-7-9-23-12-17/h3-10,12H,11H2,1-2H3,(H,21,22). The zero-order valence-corrected chi connectivity index (χ0v) is 14.0. The molecule has 1 N–H and O–H groups in total. The fraction of sp³-hybridized carbons (Fsp3) is 0.158. The summed E-state index contributed by atoms with van der Waals surface area (Å²) in [6, 6.07) is 11.7. The summed E-state index contributed by atoms with van der Waals surface area (Å²) in [5.74, 6) is -0.0618. The van der Waals surface area contributed by atoms with Crippen LogP contribution in [0.1, 0.15) is 27.0 Å². The monoisotopic (exact) mass is 322 g/mol. The first-order valence-electron chi connectivity index (χ1n) is 7.47. The van der Waals surface area contributed by atoms with Crippen molar-refractivity contribution in [3.8, 4) is 11.3 Å². The van der Waals surface area contributed by atoms with Crippen LogP contribution < -0.4 is 5.32 Å². The minimum absolute atomic E-state index is 0.0618. The van der Waals surface area contributed by atoms with E-state index in [9.17, 15) is 4.79 Å². The maximum atomic E-state index is 12.3. The fourth-order valence-corrected chi connectivity index (χ4v) is 3.04. The smallest absolute Gasteiger partial charge is 0.251 e. The van der Waals surface area contributed by atoms with Crippen LogP contribution in [-0.2, 0) is 6.54 Å². The molecule has 3 nitrogen and oxygen atoms in total. The lowest BCUT2D eigenvalue weighted by Crippen LogP contribution is -2.23. The molecule has 0 aliphatic carbocycles. The number of nitrogens with one attached hydrogen (secondary N) is 1. The van der Waals surface area contributed by atoms with E-state index in [1.165, 1.54) is 5.56 Å². The average Bonchev–Trinajstić information content (AvgIpc) is 3.10. The molecule has 0 aliphatic heterocycles. The van der Waals surface area contributed by atoms with Crippen LogP contribution in [0, 0.1) is 13.8 Å². The van der Waals surface area contributed by atoms with Gasteiger partial charge in [0.2, 0.25) is 0 Å². The lowest BCUT2D eigenvalue weighted by Gasteiger charge is -2.10. The normalized spacial score (nSPS) is 10.5. The summed E-state index contributed by atoms with van der Waals surface area (Å²) in [5, 5.41) is 7.08. The van der Waals surface area contributed by atoms with Gasteiger partial charge in [0, 0.05) is 29.2 Å². The number of hydrogen-bond donors (Lipinski definition) is 1. The summed E-state index contributed by atoms with van der Waals surface area (Å²) in [4.78, 5) is 16.8. The molecule has 2 aromatic heterocycles. The predicted molar refractivity (Wildman–Crippen MR) is 94.6 cm³/mol. The third-order valence-corrected chi connectivity index (χ3v) is 4.58. The molecule has 0 aliphatic rings. The Morgan fingerprint density at radius 2 is 2.04 bits per heavy atom. The van der Waals surface area contributed by atoms with Gasteiger partial charge in [0.25, 0.3) is 5.91 Å². The third-order valence-electron chi connectivity index (χ3n) is 3.89. The van der Waals surface area contributed by atoms with E-state index in [2.05, 4.69) is 15.7 Å². The van der Waals surface area contributed by atoms with Gasteiger partial charge >= 0.3 is 0 Å². The van der Waals surface area contributed by atoms with Gasteiger partial charge in [-0.25, -0.2) is 0 Å². The van der Waals surface area contributed by atoms with Crippen LogP contribution in [0.15, 0.2) is 53.4 Å². The van der Waals surface area contributed by atoms with Gasteiger partial charge in [0.1, 0.15) is 0 Å². The largest absolute Gasteiger partial charge is 0.348 e. The molecule has 1 amide bonds. The van der Waals surface area contributed by atoms with Gasteiger partial charge in [0.05, 0.1) is 5.69 Å². The minimum Gasteiger partial charge on any atom is -0.348 e. The molecule has 0 fully saturated rings. The third kappa shape index (κ3) is 3.48. The zero-order chi connectivity index (χ0) is 16.2. The molecule has 0 spiro atoms. The number of rotatable bonds is 4. The van der Waals surface area contributed by atoms with Crippen molar-refractivity contribution >= 4 is 17.2 Å². The Hall–Kier alpha value is -2.46. The highest BCUT2D eigenvalue weighted by molar-refractivity contribution is 7.08. The van der Waals surface area contributed by atoms with E-state index in [-0.39, 0.29) is 5.91 Å². The van der Waals surface area contributed by atoms with Crippen molar-refractivity contribution in [3.63, 3.8) is 0 Å². The van der Waals surface area contributed by atoms with E-state index >= 15 is 0 Å². The summed E-state index contributed by atoms with van der Waals surface area (Å²) >= 11 is 1.64. The summed E-state index contributed by atoms with van der Waals surface area (Å²) in [7, 11) is 0. The Labute approximate surface area is 140 Å². The van der Waals surface area contributed by atoms with Gasteiger partial charge in [-0.15, -0.1) is 0 Å². The highest BCUT2D eigenvalue weighted by atomic mass is 32.1. The first-order valence-corrected chi connectivity index (χ1v) is 8.41. The van der Waals surface area contributed by atoms with Gasteiger partial charge in [-0.1, -0.05) is 12.1 Å². The molecule has 2 heterocycles. The Balaban J connectivity index is 1.76. The van der Waals surface area contributed by atoms with Crippen LogP contribution in [0.2, 0.25) is 0 Å². The lowest BCUT2D eigenvalue weighted by atomic mass is 10.1. The topological polar surface area (TPSA) is 42.0 Å². The van der Waals surface area contributed by atoms with Crippen LogP contribution in [0.3, 0.4) is 0 Å². The van der Waals surface area contributed by atoms with Gasteiger partial charge in [-0.05, 0) is 60.2 Å². The molecule has 0 radical (unpaired) electrons. The van der Waals surface area contributed by atoms with E-state index in [4.69, 9.17) is 0 Å². The summed E-state index contributed by atoms with van der Waals surface area (Å²) in [6.45, 7) is 4.52. The number of benzene rings is 1. The SMILES string of the molecule is Cc1ccc(C(=O)NCc2cccnc2-c2ccsc2)cc1C. The number of aromatic nitrogens is 1. The van der Waals surface area contributed by atoms with E-state index in [1.54, 1.807) is 17.5 Å².